The van der Waals surface area contributed by atoms with Crippen molar-refractivity contribution in [1.29, 1.82) is 0 Å². The number of aromatic nitrogens is 6. The summed E-state index contributed by atoms with van der Waals surface area (Å²) < 4.78 is 55.1. The molecule has 4 aromatic heterocycles. The summed E-state index contributed by atoms with van der Waals surface area (Å²) in [6.07, 6.45) is 1.24. The minimum Gasteiger partial charge on any atom is -0.322 e. The van der Waals surface area contributed by atoms with Gasteiger partial charge in [0.1, 0.15) is 24.2 Å². The second kappa shape index (κ2) is 8.62. The Morgan fingerprint density at radius 2 is 1.58 bits per heavy atom. The number of rotatable bonds is 4. The topological polar surface area (TPSA) is 69.4 Å². The first-order valence-electron chi connectivity index (χ1n) is 8.63. The van der Waals surface area contributed by atoms with Gasteiger partial charge in [-0.25, -0.2) is 18.4 Å². The van der Waals surface area contributed by atoms with Gasteiger partial charge >= 0.3 is 21.1 Å². The Labute approximate surface area is 188 Å². The molecule has 31 heavy (non-hydrogen) atoms. The normalized spacial score (nSPS) is 11.3. The van der Waals surface area contributed by atoms with Crippen molar-refractivity contribution >= 4 is 0 Å². The number of hydrogen-bond acceptors (Lipinski definition) is 5. The van der Waals surface area contributed by atoms with E-state index in [1.807, 2.05) is 0 Å². The van der Waals surface area contributed by atoms with E-state index in [0.717, 1.165) is 16.8 Å². The van der Waals surface area contributed by atoms with E-state index in [1.54, 1.807) is 26.0 Å². The molecule has 0 fully saturated rings. The van der Waals surface area contributed by atoms with Crippen LogP contribution in [-0.2, 0) is 26.5 Å². The summed E-state index contributed by atoms with van der Waals surface area (Å²) in [6.45, 7) is 3.54. The maximum absolute atomic E-state index is 14.0. The van der Waals surface area contributed by atoms with Gasteiger partial charge in [-0.3, -0.25) is 13.8 Å². The van der Waals surface area contributed by atoms with Gasteiger partial charge in [0.25, 0.3) is 0 Å². The Morgan fingerprint density at radius 3 is 2.26 bits per heavy atom. The third-order valence-electron chi connectivity index (χ3n) is 4.40. The summed E-state index contributed by atoms with van der Waals surface area (Å²) in [5.74, 6) is -3.83. The van der Waals surface area contributed by atoms with Crippen molar-refractivity contribution in [2.45, 2.75) is 19.3 Å². The molecule has 4 rings (SSSR count). The molecular formula is C20H12F4N6Pt. The Bertz CT molecular complexity index is 1240. The van der Waals surface area contributed by atoms with E-state index in [1.165, 1.54) is 12.4 Å². The molecule has 0 aliphatic heterocycles. The summed E-state index contributed by atoms with van der Waals surface area (Å²) in [6, 6.07) is 11.6. The van der Waals surface area contributed by atoms with Gasteiger partial charge in [-0.2, -0.15) is 5.10 Å². The summed E-state index contributed by atoms with van der Waals surface area (Å²) in [7, 11) is 0. The zero-order valence-electron chi connectivity index (χ0n) is 16.0. The molecule has 0 N–H and O–H groups in total. The molecule has 6 nitrogen and oxygen atoms in total. The molecule has 160 valence electrons. The van der Waals surface area contributed by atoms with Crippen LogP contribution in [0.2, 0.25) is 0 Å². The third-order valence-corrected chi connectivity index (χ3v) is 4.40. The van der Waals surface area contributed by atoms with Crippen molar-refractivity contribution in [3.8, 4) is 16.9 Å². The van der Waals surface area contributed by atoms with Crippen molar-refractivity contribution in [3.63, 3.8) is 0 Å². The molecule has 0 aliphatic carbocycles. The number of nitrogens with zero attached hydrogens (tertiary/aromatic N) is 6. The van der Waals surface area contributed by atoms with Crippen LogP contribution in [-0.4, -0.2) is 29.7 Å². The van der Waals surface area contributed by atoms with E-state index in [4.69, 9.17) is 0 Å². The predicted molar refractivity (Wildman–Crippen MR) is 96.3 cm³/mol. The minimum absolute atomic E-state index is 0. The van der Waals surface area contributed by atoms with Gasteiger partial charge in [0.2, 0.25) is 0 Å². The second-order valence-electron chi connectivity index (χ2n) is 6.80. The van der Waals surface area contributed by atoms with E-state index in [9.17, 15) is 17.6 Å². The van der Waals surface area contributed by atoms with E-state index >= 15 is 0 Å². The Hall–Kier alpha value is -3.00. The molecule has 11 heteroatoms. The molecule has 0 bridgehead atoms. The van der Waals surface area contributed by atoms with Crippen LogP contribution in [0.4, 0.5) is 17.6 Å². The summed E-state index contributed by atoms with van der Waals surface area (Å²) in [5, 5.41) is 4.24. The first-order chi connectivity index (χ1) is 14.3. The van der Waals surface area contributed by atoms with Gasteiger partial charge in [0.05, 0.1) is 11.4 Å². The minimum atomic E-state index is -1.08. The molecule has 4 aromatic rings. The van der Waals surface area contributed by atoms with E-state index in [0.29, 0.717) is 5.69 Å². The molecule has 0 atom stereocenters. The van der Waals surface area contributed by atoms with Crippen LogP contribution in [0, 0.1) is 35.9 Å². The smallest absolute Gasteiger partial charge is 0.322 e. The Kier molecular flexibility index (Phi) is 6.31. The summed E-state index contributed by atoms with van der Waals surface area (Å²) >= 11 is 0. The molecule has 4 heterocycles. The van der Waals surface area contributed by atoms with Crippen molar-refractivity contribution < 1.29 is 38.6 Å². The number of pyridine rings is 3. The fraction of sp³-hybridized carbons (Fsp3) is 0.150. The van der Waals surface area contributed by atoms with Crippen LogP contribution in [0.3, 0.4) is 0 Å². The number of halogens is 4. The second-order valence-corrected chi connectivity index (χ2v) is 6.80. The van der Waals surface area contributed by atoms with Gasteiger partial charge < -0.3 is 9.97 Å². The zero-order chi connectivity index (χ0) is 21.5. The van der Waals surface area contributed by atoms with Gasteiger partial charge in [-0.15, -0.1) is 18.2 Å². The monoisotopic (exact) mass is 607 g/mol. The third kappa shape index (κ3) is 4.39. The summed E-state index contributed by atoms with van der Waals surface area (Å²) in [4.78, 5) is 14.9. The van der Waals surface area contributed by atoms with Crippen LogP contribution >= 0.6 is 0 Å². The van der Waals surface area contributed by atoms with Gasteiger partial charge in [-0.05, 0) is 25.6 Å². The molecular weight excluding hydrogens is 595 g/mol. The number of hydrogen-bond donors (Lipinski definition) is 0. The first kappa shape index (κ1) is 22.7. The standard InChI is InChI=1S/C20H12F4N6.Pt/c1-20(2,19-25-10-30(29-19)13-7-9-16(22)28-18(13)24)14-5-3-4-12(26-14)11-6-8-15(21)27-17(11)23;/h3-5,8-10H,1-2H3;/q-2;+2. The molecule has 0 saturated carbocycles. The molecule has 0 unspecified atom stereocenters. The van der Waals surface area contributed by atoms with E-state index in [-0.39, 0.29) is 43.8 Å². The van der Waals surface area contributed by atoms with Crippen molar-refractivity contribution in [3.05, 3.63) is 84.1 Å². The molecule has 0 saturated heterocycles. The van der Waals surface area contributed by atoms with Gasteiger partial charge in [0.15, 0.2) is 5.82 Å². The van der Waals surface area contributed by atoms with Crippen LogP contribution in [0.25, 0.3) is 16.9 Å². The molecule has 0 radical (unpaired) electrons. The van der Waals surface area contributed by atoms with Crippen molar-refractivity contribution in [1.82, 2.24) is 29.7 Å². The van der Waals surface area contributed by atoms with Gasteiger partial charge in [-0.1, -0.05) is 23.8 Å². The molecule has 0 spiro atoms. The van der Waals surface area contributed by atoms with Crippen molar-refractivity contribution in [2.75, 3.05) is 0 Å². The van der Waals surface area contributed by atoms with Crippen LogP contribution in [0.15, 0.2) is 36.7 Å². The Balaban J connectivity index is 0.00000272. The van der Waals surface area contributed by atoms with Gasteiger partial charge in [0, 0.05) is 11.4 Å². The molecule has 0 amide bonds. The fourth-order valence-corrected chi connectivity index (χ4v) is 2.77. The fourth-order valence-electron chi connectivity index (χ4n) is 2.77. The Morgan fingerprint density at radius 1 is 0.903 bits per heavy atom. The van der Waals surface area contributed by atoms with E-state index < -0.39 is 29.2 Å². The van der Waals surface area contributed by atoms with Crippen LogP contribution in [0.1, 0.15) is 25.4 Å². The van der Waals surface area contributed by atoms with E-state index in [2.05, 4.69) is 37.2 Å². The first-order valence-corrected chi connectivity index (χ1v) is 8.63. The molecule has 0 aliphatic rings. The quantitative estimate of drug-likeness (QED) is 0.202. The average molecular weight is 607 g/mol. The predicted octanol–water partition coefficient (Wildman–Crippen LogP) is 3.60. The maximum Gasteiger partial charge on any atom is 2.00 e. The largest absolute Gasteiger partial charge is 2.00 e. The SMILES string of the molecule is CC(C)(c1cccc(-c2[c-]cc(F)nc2F)n1)c1ncn(-c2[c-]cc(F)nc2F)n1.[Pt+2]. The van der Waals surface area contributed by atoms with Crippen LogP contribution in [0.5, 0.6) is 0 Å². The average Bonchev–Trinajstić information content (AvgIpc) is 3.19. The summed E-state index contributed by atoms with van der Waals surface area (Å²) in [5.41, 5.74) is -0.484. The maximum atomic E-state index is 14.0. The van der Waals surface area contributed by atoms with Crippen LogP contribution < -0.4 is 0 Å². The zero-order valence-corrected chi connectivity index (χ0v) is 18.2. The van der Waals surface area contributed by atoms with Crippen molar-refractivity contribution in [2.24, 2.45) is 0 Å². The molecule has 0 aromatic carbocycles.